The lowest BCUT2D eigenvalue weighted by atomic mass is 9.86. The molecule has 0 unspecified atom stereocenters. The van der Waals surface area contributed by atoms with Gasteiger partial charge in [0.1, 0.15) is 24.4 Å². The topological polar surface area (TPSA) is 339 Å². The highest BCUT2D eigenvalue weighted by Crippen LogP contribution is 2.39. The molecule has 3 aliphatic rings. The molecule has 9 rings (SSSR count). The molecule has 2 aliphatic heterocycles. The summed E-state index contributed by atoms with van der Waals surface area (Å²) in [5.74, 6) is -2.76. The summed E-state index contributed by atoms with van der Waals surface area (Å²) in [6.07, 6.45) is -16.7. The van der Waals surface area contributed by atoms with Crippen LogP contribution < -0.4 is 0 Å². The molecule has 0 radical (unpaired) electrons. The Labute approximate surface area is 487 Å². The Morgan fingerprint density at radius 3 is 1.12 bits per heavy atom. The highest BCUT2D eigenvalue weighted by molar-refractivity contribution is 5.91. The van der Waals surface area contributed by atoms with Crippen molar-refractivity contribution in [3.05, 3.63) is 257 Å². The summed E-state index contributed by atoms with van der Waals surface area (Å²) >= 11 is 0. The third kappa shape index (κ3) is 16.3. The van der Waals surface area contributed by atoms with Gasteiger partial charge in [0.05, 0.1) is 80.0 Å². The Bertz CT molecular complexity index is 3330. The summed E-state index contributed by atoms with van der Waals surface area (Å²) in [7, 11) is 0. The number of benzene rings is 6. The fraction of sp³-hybridized carbons (Fsp3) is 0.350. The maximum Gasteiger partial charge on any atom is 0.338 e. The quantitative estimate of drug-likeness (QED) is 0.0169. The molecule has 25 nitrogen and oxygen atoms in total. The Hall–Kier alpha value is -9.31. The molecule has 25 heteroatoms. The average Bonchev–Trinajstić information content (AvgIpc) is 2.72. The van der Waals surface area contributed by atoms with Crippen molar-refractivity contribution < 1.29 is 61.8 Å². The molecule has 14 atom stereocenters. The Morgan fingerprint density at radius 1 is 0.400 bits per heavy atom. The molecule has 1 aliphatic carbocycles. The first-order chi connectivity index (χ1) is 41.7. The lowest BCUT2D eigenvalue weighted by Crippen LogP contribution is -2.64. The van der Waals surface area contributed by atoms with Gasteiger partial charge in [-0.05, 0) is 88.1 Å². The number of nitrogens with zero attached hydrogens (tertiary/aromatic N) is 12. The van der Waals surface area contributed by atoms with Gasteiger partial charge in [-0.25, -0.2) is 14.4 Å². The van der Waals surface area contributed by atoms with Gasteiger partial charge in [0.2, 0.25) is 0 Å². The molecule has 1 saturated carbocycles. The summed E-state index contributed by atoms with van der Waals surface area (Å²) in [5.41, 5.74) is 42.4. The largest absolute Gasteiger partial charge is 0.452 e. The van der Waals surface area contributed by atoms with E-state index in [1.807, 2.05) is 91.0 Å². The molecule has 85 heavy (non-hydrogen) atoms. The standard InChI is InChI=1S/C60H58N12O13/c61-69-65-33-48-50(76-35-38-19-7-1-8-20-38)52(77-36-39-21-9-2-10-22-39)54(78-37-40-23-11-3-12-24-40)59(81-48)79-46-31-45(68-72-64)47(32-44(46)67-71-63)80-60-55(85-58(75)43-29-17-6-18-30-43)53(84-57(74)42-27-15-5-16-28-42)51(49(82-60)34-66-70-62)83-56(73)41-25-13-4-14-26-41/h1-30,44-55,59-60H,31-37H2/t44-,45-,46-,47-,48+,49-,50+,51-,52-,53+,54+,55-,59+,60-/m0/s1. The van der Waals surface area contributed by atoms with Crippen LogP contribution in [0.4, 0.5) is 0 Å². The molecule has 2 saturated heterocycles. The first kappa shape index (κ1) is 60.3. The van der Waals surface area contributed by atoms with E-state index >= 15 is 0 Å². The third-order valence-electron chi connectivity index (χ3n) is 14.3. The van der Waals surface area contributed by atoms with Crippen molar-refractivity contribution in [1.82, 2.24) is 0 Å². The van der Waals surface area contributed by atoms with Gasteiger partial charge < -0.3 is 47.4 Å². The van der Waals surface area contributed by atoms with E-state index in [4.69, 9.17) is 47.4 Å². The van der Waals surface area contributed by atoms with Crippen LogP contribution in [0, 0.1) is 0 Å². The maximum absolute atomic E-state index is 14.2. The van der Waals surface area contributed by atoms with E-state index in [1.54, 1.807) is 54.6 Å². The van der Waals surface area contributed by atoms with Gasteiger partial charge >= 0.3 is 17.9 Å². The molecule has 0 aromatic heterocycles. The summed E-state index contributed by atoms with van der Waals surface area (Å²) in [6.45, 7) is -0.532. The van der Waals surface area contributed by atoms with Crippen molar-refractivity contribution in [2.45, 2.75) is 118 Å². The minimum atomic E-state index is -1.79. The van der Waals surface area contributed by atoms with Gasteiger partial charge in [0.15, 0.2) is 30.9 Å². The van der Waals surface area contributed by atoms with Crippen LogP contribution in [0.5, 0.6) is 0 Å². The van der Waals surface area contributed by atoms with Crippen LogP contribution >= 0.6 is 0 Å². The van der Waals surface area contributed by atoms with E-state index in [0.717, 1.165) is 16.7 Å². The van der Waals surface area contributed by atoms with Gasteiger partial charge in [0.25, 0.3) is 0 Å². The second-order valence-electron chi connectivity index (χ2n) is 19.8. The SMILES string of the molecule is [N-]=[N+]=NC[C@@H]1O[C@H](O[C@H]2C[C@H](N=[N+]=[N-])[C@@H](O[C@@H]3O[C@H](CN=[N+]=[N-])[C@@H](OCc4ccccc4)[C@H](OCc4ccccc4)[C@H]3OCc3ccccc3)C[C@@H]2N=[N+]=[N-])[C@@H](OC(=O)c2ccccc2)[C@H](OC(=O)c2ccccc2)[C@H]1OC(=O)c1ccccc1. The van der Waals surface area contributed by atoms with Crippen LogP contribution in [0.25, 0.3) is 41.8 Å². The van der Waals surface area contributed by atoms with Gasteiger partial charge in [-0.1, -0.05) is 166 Å². The molecule has 436 valence electrons. The number of rotatable bonds is 25. The first-order valence-electron chi connectivity index (χ1n) is 27.2. The fourth-order valence-electron chi connectivity index (χ4n) is 10.2. The molecule has 0 amide bonds. The second kappa shape index (κ2) is 30.8. The Morgan fingerprint density at radius 2 is 0.729 bits per heavy atom. The number of hydrogen-bond donors (Lipinski definition) is 0. The molecule has 0 bridgehead atoms. The fourth-order valence-corrected chi connectivity index (χ4v) is 10.2. The molecule has 2 heterocycles. The summed E-state index contributed by atoms with van der Waals surface area (Å²) in [5, 5.41) is 15.9. The van der Waals surface area contributed by atoms with Gasteiger partial charge in [-0.3, -0.25) is 0 Å². The molecule has 3 fully saturated rings. The summed E-state index contributed by atoms with van der Waals surface area (Å²) in [4.78, 5) is 54.7. The van der Waals surface area contributed by atoms with Crippen LogP contribution in [0.2, 0.25) is 0 Å². The van der Waals surface area contributed by atoms with Gasteiger partial charge in [-0.2, -0.15) is 0 Å². The second-order valence-corrected chi connectivity index (χ2v) is 19.8. The van der Waals surface area contributed by atoms with Gasteiger partial charge in [-0.15, -0.1) is 0 Å². The maximum atomic E-state index is 14.2. The van der Waals surface area contributed by atoms with Crippen LogP contribution in [0.3, 0.4) is 0 Å². The van der Waals surface area contributed by atoms with E-state index in [1.165, 1.54) is 36.4 Å². The van der Waals surface area contributed by atoms with E-state index in [-0.39, 0.29) is 55.9 Å². The number of ether oxygens (including phenoxy) is 10. The number of esters is 3. The van der Waals surface area contributed by atoms with E-state index in [2.05, 4.69) is 40.1 Å². The molecular weight excluding hydrogens is 1100 g/mol. The van der Waals surface area contributed by atoms with Crippen molar-refractivity contribution in [2.75, 3.05) is 13.1 Å². The van der Waals surface area contributed by atoms with Crippen molar-refractivity contribution in [2.24, 2.45) is 20.5 Å². The van der Waals surface area contributed by atoms with Crippen LogP contribution in [0.15, 0.2) is 202 Å². The highest BCUT2D eigenvalue weighted by Gasteiger charge is 2.56. The Balaban J connectivity index is 1.07. The number of hydrogen-bond acceptors (Lipinski definition) is 17. The molecule has 6 aromatic carbocycles. The summed E-state index contributed by atoms with van der Waals surface area (Å²) in [6, 6.07) is 49.5. The van der Waals surface area contributed by atoms with Crippen molar-refractivity contribution in [1.29, 1.82) is 0 Å². The first-order valence-corrected chi connectivity index (χ1v) is 27.2. The van der Waals surface area contributed by atoms with Crippen molar-refractivity contribution >= 4 is 17.9 Å². The zero-order valence-electron chi connectivity index (χ0n) is 45.5. The van der Waals surface area contributed by atoms with Crippen LogP contribution in [-0.2, 0) is 67.2 Å². The average molecular weight is 1160 g/mol. The predicted molar refractivity (Wildman–Crippen MR) is 302 cm³/mol. The number of carbonyl (C=O) groups is 3. The molecule has 0 N–H and O–H groups in total. The normalized spacial score (nSPS) is 26.1. The number of azide groups is 4. The lowest BCUT2D eigenvalue weighted by molar-refractivity contribution is -0.335. The zero-order chi connectivity index (χ0) is 59.2. The van der Waals surface area contributed by atoms with E-state index in [9.17, 15) is 36.5 Å². The van der Waals surface area contributed by atoms with Crippen LogP contribution in [0.1, 0.15) is 60.6 Å². The Kier molecular flexibility index (Phi) is 21.9. The van der Waals surface area contributed by atoms with Crippen molar-refractivity contribution in [3.63, 3.8) is 0 Å². The summed E-state index contributed by atoms with van der Waals surface area (Å²) < 4.78 is 65.6. The molecular formula is C60H58N12O13. The van der Waals surface area contributed by atoms with Crippen molar-refractivity contribution in [3.8, 4) is 0 Å². The minimum Gasteiger partial charge on any atom is -0.452 e. The number of carbonyl (C=O) groups excluding carboxylic acids is 3. The van der Waals surface area contributed by atoms with Gasteiger partial charge in [0, 0.05) is 19.6 Å². The van der Waals surface area contributed by atoms with Crippen LogP contribution in [-0.4, -0.2) is 117 Å². The molecule has 0 spiro atoms. The van der Waals surface area contributed by atoms with E-state index < -0.39 is 110 Å². The molecule has 6 aromatic rings. The third-order valence-corrected chi connectivity index (χ3v) is 14.3. The predicted octanol–water partition coefficient (Wildman–Crippen LogP) is 11.4. The lowest BCUT2D eigenvalue weighted by Gasteiger charge is -2.48. The zero-order valence-corrected chi connectivity index (χ0v) is 45.5. The highest BCUT2D eigenvalue weighted by atomic mass is 16.7. The smallest absolute Gasteiger partial charge is 0.338 e. The minimum absolute atomic E-state index is 0.0418. The monoisotopic (exact) mass is 1150 g/mol. The van der Waals surface area contributed by atoms with E-state index in [0.29, 0.717) is 0 Å².